The van der Waals surface area contributed by atoms with Gasteiger partial charge in [-0.25, -0.2) is 8.42 Å². The van der Waals surface area contributed by atoms with Gasteiger partial charge in [-0.05, 0) is 36.5 Å². The summed E-state index contributed by atoms with van der Waals surface area (Å²) >= 11 is 2.17. The highest BCUT2D eigenvalue weighted by Crippen LogP contribution is 2.24. The topological polar surface area (TPSA) is 89.0 Å². The lowest BCUT2D eigenvalue weighted by molar-refractivity contribution is 0.0957. The summed E-state index contributed by atoms with van der Waals surface area (Å²) in [5.41, 5.74) is 0.684. The number of aromatic nitrogens is 2. The van der Waals surface area contributed by atoms with Crippen molar-refractivity contribution in [3.63, 3.8) is 0 Å². The molecule has 10 heteroatoms. The summed E-state index contributed by atoms with van der Waals surface area (Å²) in [4.78, 5) is 13.3. The molecule has 0 saturated carbocycles. The number of nitrogens with zero attached hydrogens (tertiary/aromatic N) is 2. The molecule has 114 valence electrons. The molecule has 0 spiro atoms. The molecule has 0 aliphatic rings. The van der Waals surface area contributed by atoms with Crippen LogP contribution in [0.3, 0.4) is 0 Å². The van der Waals surface area contributed by atoms with Crippen LogP contribution in [0.4, 0.5) is 0 Å². The van der Waals surface area contributed by atoms with Crippen LogP contribution in [-0.2, 0) is 21.9 Å². The van der Waals surface area contributed by atoms with Gasteiger partial charge in [0.05, 0.1) is 5.69 Å². The van der Waals surface area contributed by atoms with Gasteiger partial charge in [0.15, 0.2) is 0 Å². The number of aryl methyl sites for hydroxylation is 1. The molecule has 0 atom stereocenters. The van der Waals surface area contributed by atoms with Gasteiger partial charge in [-0.1, -0.05) is 11.4 Å². The number of hydrogen-bond acceptors (Lipinski definition) is 7. The lowest BCUT2D eigenvalue weighted by atomic mass is 10.3. The van der Waals surface area contributed by atoms with E-state index < -0.39 is 9.05 Å². The summed E-state index contributed by atoms with van der Waals surface area (Å²) in [5, 5.41) is 6.65. The summed E-state index contributed by atoms with van der Waals surface area (Å²) in [7, 11) is 1.58. The van der Waals surface area contributed by atoms with E-state index in [-0.39, 0.29) is 10.1 Å². The van der Waals surface area contributed by atoms with E-state index >= 15 is 0 Å². The minimum atomic E-state index is -3.68. The van der Waals surface area contributed by atoms with Crippen LogP contribution >= 0.6 is 33.6 Å². The van der Waals surface area contributed by atoms with Crippen molar-refractivity contribution in [3.8, 4) is 0 Å². The molecule has 0 aliphatic carbocycles. The molecule has 0 aliphatic heterocycles. The third kappa shape index (κ3) is 4.22. The minimum absolute atomic E-state index is 0.116. The maximum Gasteiger partial charge on any atom is 0.270 e. The lowest BCUT2D eigenvalue weighted by Crippen LogP contribution is -2.25. The van der Waals surface area contributed by atoms with Crippen molar-refractivity contribution in [1.82, 2.24) is 14.9 Å². The third-order valence-corrected chi connectivity index (χ3v) is 6.64. The number of hydrogen-bond donors (Lipinski definition) is 1. The summed E-state index contributed by atoms with van der Waals surface area (Å²) in [6, 6.07) is 3.16. The van der Waals surface area contributed by atoms with E-state index in [1.165, 1.54) is 6.07 Å². The Balaban J connectivity index is 1.90. The molecular formula is C11H12ClN3O3S3. The SMILES string of the molecule is CCc1nnsc1C(=O)NCCc1ccc(S(=O)(=O)Cl)s1. The van der Waals surface area contributed by atoms with E-state index in [0.717, 1.165) is 27.7 Å². The Bertz CT molecular complexity index is 739. The minimum Gasteiger partial charge on any atom is -0.351 e. The van der Waals surface area contributed by atoms with Crippen LogP contribution in [0.15, 0.2) is 16.3 Å². The predicted molar refractivity (Wildman–Crippen MR) is 82.7 cm³/mol. The highest BCUT2D eigenvalue weighted by atomic mass is 35.7. The van der Waals surface area contributed by atoms with Crippen LogP contribution in [0.2, 0.25) is 0 Å². The Morgan fingerprint density at radius 3 is 2.81 bits per heavy atom. The highest BCUT2D eigenvalue weighted by Gasteiger charge is 2.15. The van der Waals surface area contributed by atoms with E-state index in [9.17, 15) is 13.2 Å². The van der Waals surface area contributed by atoms with Gasteiger partial charge in [0.2, 0.25) is 0 Å². The number of thiophene rings is 1. The van der Waals surface area contributed by atoms with Crippen molar-refractivity contribution in [1.29, 1.82) is 0 Å². The normalized spacial score (nSPS) is 11.5. The highest BCUT2D eigenvalue weighted by molar-refractivity contribution is 8.15. The molecule has 2 aromatic heterocycles. The zero-order valence-electron chi connectivity index (χ0n) is 11.0. The van der Waals surface area contributed by atoms with E-state index in [1.807, 2.05) is 6.92 Å². The largest absolute Gasteiger partial charge is 0.351 e. The van der Waals surface area contributed by atoms with Crippen LogP contribution in [0.1, 0.15) is 27.2 Å². The molecule has 1 amide bonds. The van der Waals surface area contributed by atoms with Gasteiger partial charge in [0.1, 0.15) is 9.09 Å². The first kappa shape index (κ1) is 16.3. The van der Waals surface area contributed by atoms with Gasteiger partial charge in [0.25, 0.3) is 15.0 Å². The van der Waals surface area contributed by atoms with Crippen molar-refractivity contribution >= 4 is 48.5 Å². The molecule has 21 heavy (non-hydrogen) atoms. The fraction of sp³-hybridized carbons (Fsp3) is 0.364. The number of nitrogens with one attached hydrogen (secondary N) is 1. The van der Waals surface area contributed by atoms with Crippen LogP contribution in [-0.4, -0.2) is 30.5 Å². The zero-order chi connectivity index (χ0) is 15.5. The second kappa shape index (κ2) is 6.82. The molecule has 2 rings (SSSR count). The molecule has 2 heterocycles. The number of carbonyl (C=O) groups excluding carboxylic acids is 1. The molecule has 0 bridgehead atoms. The molecule has 0 radical (unpaired) electrons. The molecule has 0 aromatic carbocycles. The van der Waals surface area contributed by atoms with Crippen molar-refractivity contribution in [2.45, 2.75) is 24.0 Å². The fourth-order valence-electron chi connectivity index (χ4n) is 1.62. The van der Waals surface area contributed by atoms with Crippen molar-refractivity contribution in [2.24, 2.45) is 0 Å². The first-order valence-corrected chi connectivity index (χ1v) is 9.94. The molecular weight excluding hydrogens is 354 g/mol. The number of carbonyl (C=O) groups is 1. The summed E-state index contributed by atoms with van der Waals surface area (Å²) in [6.07, 6.45) is 1.19. The quantitative estimate of drug-likeness (QED) is 0.791. The van der Waals surface area contributed by atoms with Crippen molar-refractivity contribution in [3.05, 3.63) is 27.6 Å². The van der Waals surface area contributed by atoms with Crippen LogP contribution < -0.4 is 5.32 Å². The Hall–Kier alpha value is -1.03. The van der Waals surface area contributed by atoms with Gasteiger partial charge in [-0.3, -0.25) is 4.79 Å². The summed E-state index contributed by atoms with van der Waals surface area (Å²) < 4.78 is 26.2. The summed E-state index contributed by atoms with van der Waals surface area (Å²) in [6.45, 7) is 2.31. The lowest BCUT2D eigenvalue weighted by Gasteiger charge is -2.02. The second-order valence-electron chi connectivity index (χ2n) is 4.07. The molecule has 0 unspecified atom stereocenters. The van der Waals surface area contributed by atoms with Crippen LogP contribution in [0.5, 0.6) is 0 Å². The van der Waals surface area contributed by atoms with Gasteiger partial charge in [0, 0.05) is 22.1 Å². The monoisotopic (exact) mass is 365 g/mol. The van der Waals surface area contributed by atoms with Gasteiger partial charge in [-0.15, -0.1) is 16.4 Å². The maximum absolute atomic E-state index is 11.9. The van der Waals surface area contributed by atoms with Crippen LogP contribution in [0, 0.1) is 0 Å². The van der Waals surface area contributed by atoms with Crippen molar-refractivity contribution < 1.29 is 13.2 Å². The van der Waals surface area contributed by atoms with Crippen molar-refractivity contribution in [2.75, 3.05) is 6.54 Å². The standard InChI is InChI=1S/C11H12ClN3O3S3/c1-2-8-10(20-15-14-8)11(16)13-6-5-7-3-4-9(19-7)21(12,17)18/h3-4H,2,5-6H2,1H3,(H,13,16). The molecule has 2 aromatic rings. The Morgan fingerprint density at radius 1 is 1.43 bits per heavy atom. The zero-order valence-corrected chi connectivity index (χ0v) is 14.2. The van der Waals surface area contributed by atoms with E-state index in [2.05, 4.69) is 14.9 Å². The van der Waals surface area contributed by atoms with Gasteiger partial charge in [-0.2, -0.15) is 0 Å². The predicted octanol–water partition coefficient (Wildman–Crippen LogP) is 2.06. The number of amides is 1. The molecule has 0 saturated heterocycles. The molecule has 6 nitrogen and oxygen atoms in total. The van der Waals surface area contributed by atoms with E-state index in [4.69, 9.17) is 10.7 Å². The average Bonchev–Trinajstić information content (AvgIpc) is 3.06. The third-order valence-electron chi connectivity index (χ3n) is 2.63. The summed E-state index contributed by atoms with van der Waals surface area (Å²) in [5.74, 6) is -0.205. The van der Waals surface area contributed by atoms with Gasteiger partial charge >= 0.3 is 0 Å². The van der Waals surface area contributed by atoms with E-state index in [0.29, 0.717) is 30.0 Å². The fourth-order valence-corrected chi connectivity index (χ4v) is 4.40. The second-order valence-corrected chi connectivity index (χ2v) is 8.78. The Labute approximate surface area is 134 Å². The van der Waals surface area contributed by atoms with Crippen LogP contribution in [0.25, 0.3) is 0 Å². The Kier molecular flexibility index (Phi) is 5.31. The number of halogens is 1. The first-order valence-electron chi connectivity index (χ1n) is 6.04. The smallest absolute Gasteiger partial charge is 0.270 e. The molecule has 0 fully saturated rings. The molecule has 1 N–H and O–H groups in total. The van der Waals surface area contributed by atoms with Gasteiger partial charge < -0.3 is 5.32 Å². The van der Waals surface area contributed by atoms with E-state index in [1.54, 1.807) is 6.07 Å². The number of rotatable bonds is 6. The first-order chi connectivity index (χ1) is 9.91. The Morgan fingerprint density at radius 2 is 2.19 bits per heavy atom. The average molecular weight is 366 g/mol. The maximum atomic E-state index is 11.9.